The van der Waals surface area contributed by atoms with Crippen LogP contribution in [0, 0.1) is 13.8 Å². The number of morpholine rings is 1. The number of hydrogen-bond acceptors (Lipinski definition) is 3. The fourth-order valence-electron chi connectivity index (χ4n) is 2.56. The Bertz CT molecular complexity index is 558. The van der Waals surface area contributed by atoms with E-state index < -0.39 is 10.0 Å². The van der Waals surface area contributed by atoms with Crippen molar-refractivity contribution in [3.8, 4) is 0 Å². The topological polar surface area (TPSA) is 46.6 Å². The third-order valence-electron chi connectivity index (χ3n) is 3.49. The predicted octanol–water partition coefficient (Wildman–Crippen LogP) is 2.10. The van der Waals surface area contributed by atoms with E-state index in [1.807, 2.05) is 39.8 Å². The average molecular weight is 283 g/mol. The summed E-state index contributed by atoms with van der Waals surface area (Å²) in [6.45, 7) is 8.42. The highest BCUT2D eigenvalue weighted by Crippen LogP contribution is 2.26. The van der Waals surface area contributed by atoms with Crippen molar-refractivity contribution in [2.24, 2.45) is 0 Å². The summed E-state index contributed by atoms with van der Waals surface area (Å²) in [6.07, 6.45) is 0. The molecule has 4 nitrogen and oxygen atoms in total. The first-order valence-electron chi connectivity index (χ1n) is 6.52. The zero-order valence-electron chi connectivity index (χ0n) is 11.9. The molecule has 0 amide bonds. The van der Waals surface area contributed by atoms with Crippen molar-refractivity contribution in [3.63, 3.8) is 0 Å². The molecule has 0 aromatic heterocycles. The van der Waals surface area contributed by atoms with Crippen molar-refractivity contribution < 1.29 is 13.2 Å². The van der Waals surface area contributed by atoms with E-state index in [1.165, 1.54) is 0 Å². The molecule has 106 valence electrons. The molecule has 1 heterocycles. The molecule has 19 heavy (non-hydrogen) atoms. The fraction of sp³-hybridized carbons (Fsp3) is 0.571. The fourth-order valence-corrected chi connectivity index (χ4v) is 4.67. The number of nitrogens with zero attached hydrogens (tertiary/aromatic N) is 1. The zero-order valence-corrected chi connectivity index (χ0v) is 12.7. The van der Waals surface area contributed by atoms with Crippen LogP contribution in [-0.4, -0.2) is 38.0 Å². The lowest BCUT2D eigenvalue weighted by atomic mass is 10.2. The monoisotopic (exact) mass is 283 g/mol. The molecule has 2 rings (SSSR count). The molecule has 0 spiro atoms. The van der Waals surface area contributed by atoms with E-state index in [2.05, 4.69) is 0 Å². The maximum Gasteiger partial charge on any atom is 0.243 e. The van der Waals surface area contributed by atoms with Crippen molar-refractivity contribution >= 4 is 10.0 Å². The predicted molar refractivity (Wildman–Crippen MR) is 74.7 cm³/mol. The molecule has 0 bridgehead atoms. The Kier molecular flexibility index (Phi) is 3.99. The Morgan fingerprint density at radius 2 is 1.74 bits per heavy atom. The summed E-state index contributed by atoms with van der Waals surface area (Å²) in [5.74, 6) is 0. The van der Waals surface area contributed by atoms with Gasteiger partial charge in [0.2, 0.25) is 10.0 Å². The van der Waals surface area contributed by atoms with E-state index in [-0.39, 0.29) is 12.1 Å². The van der Waals surface area contributed by atoms with Crippen LogP contribution >= 0.6 is 0 Å². The van der Waals surface area contributed by atoms with E-state index in [4.69, 9.17) is 4.74 Å². The molecular weight excluding hydrogens is 262 g/mol. The van der Waals surface area contributed by atoms with Crippen LogP contribution in [-0.2, 0) is 14.8 Å². The van der Waals surface area contributed by atoms with Crippen molar-refractivity contribution in [2.45, 2.75) is 44.7 Å². The van der Waals surface area contributed by atoms with Gasteiger partial charge in [0.05, 0.1) is 18.1 Å². The number of sulfonamides is 1. The van der Waals surface area contributed by atoms with Gasteiger partial charge in [-0.15, -0.1) is 0 Å². The molecule has 1 fully saturated rings. The minimum atomic E-state index is -3.46. The molecule has 2 unspecified atom stereocenters. The first kappa shape index (κ1) is 14.5. The highest BCUT2D eigenvalue weighted by Gasteiger charge is 2.36. The normalized spacial score (nSPS) is 25.5. The summed E-state index contributed by atoms with van der Waals surface area (Å²) in [5, 5.41) is 0. The Morgan fingerprint density at radius 3 is 2.32 bits per heavy atom. The Labute approximate surface area is 115 Å². The summed E-state index contributed by atoms with van der Waals surface area (Å²) in [6, 6.07) is 5.28. The standard InChI is InChI=1S/C14H21NO3S/c1-10-5-6-11(2)14(7-10)19(16,17)15-12(3)8-18-9-13(15)4/h5-7,12-13H,8-9H2,1-4H3. The first-order chi connectivity index (χ1) is 8.84. The number of benzene rings is 1. The van der Waals surface area contributed by atoms with Crippen molar-refractivity contribution in [2.75, 3.05) is 13.2 Å². The lowest BCUT2D eigenvalue weighted by molar-refractivity contribution is 0.00634. The second kappa shape index (κ2) is 5.23. The number of hydrogen-bond donors (Lipinski definition) is 0. The van der Waals surface area contributed by atoms with Crippen LogP contribution in [0.1, 0.15) is 25.0 Å². The van der Waals surface area contributed by atoms with Crippen LogP contribution in [0.5, 0.6) is 0 Å². The van der Waals surface area contributed by atoms with Gasteiger partial charge in [-0.05, 0) is 44.9 Å². The highest BCUT2D eigenvalue weighted by molar-refractivity contribution is 7.89. The van der Waals surface area contributed by atoms with E-state index in [0.717, 1.165) is 11.1 Å². The van der Waals surface area contributed by atoms with Crippen LogP contribution in [0.3, 0.4) is 0 Å². The molecule has 1 saturated heterocycles. The van der Waals surface area contributed by atoms with Gasteiger partial charge in [-0.25, -0.2) is 8.42 Å². The molecule has 5 heteroatoms. The number of aryl methyl sites for hydroxylation is 2. The maximum absolute atomic E-state index is 12.9. The van der Waals surface area contributed by atoms with E-state index >= 15 is 0 Å². The number of ether oxygens (including phenoxy) is 1. The second-order valence-electron chi connectivity index (χ2n) is 5.34. The summed E-state index contributed by atoms with van der Waals surface area (Å²) < 4.78 is 32.7. The highest BCUT2D eigenvalue weighted by atomic mass is 32.2. The van der Waals surface area contributed by atoms with Gasteiger partial charge in [0, 0.05) is 12.1 Å². The quantitative estimate of drug-likeness (QED) is 0.835. The Balaban J connectivity index is 2.49. The van der Waals surface area contributed by atoms with Crippen LogP contribution in [0.2, 0.25) is 0 Å². The van der Waals surface area contributed by atoms with Crippen molar-refractivity contribution in [1.29, 1.82) is 0 Å². The van der Waals surface area contributed by atoms with Gasteiger partial charge in [-0.3, -0.25) is 0 Å². The third-order valence-corrected chi connectivity index (χ3v) is 5.76. The van der Waals surface area contributed by atoms with E-state index in [1.54, 1.807) is 10.4 Å². The van der Waals surface area contributed by atoms with E-state index in [9.17, 15) is 8.42 Å². The molecule has 1 aliphatic rings. The van der Waals surface area contributed by atoms with Gasteiger partial charge in [-0.2, -0.15) is 4.31 Å². The zero-order chi connectivity index (χ0) is 14.2. The van der Waals surface area contributed by atoms with E-state index in [0.29, 0.717) is 18.1 Å². The Hall–Kier alpha value is -0.910. The molecule has 1 aromatic carbocycles. The molecular formula is C14H21NO3S. The van der Waals surface area contributed by atoms with Gasteiger partial charge in [0.15, 0.2) is 0 Å². The molecule has 0 aliphatic carbocycles. The second-order valence-corrected chi connectivity index (χ2v) is 7.15. The largest absolute Gasteiger partial charge is 0.378 e. The average Bonchev–Trinajstić information content (AvgIpc) is 2.31. The van der Waals surface area contributed by atoms with Crippen LogP contribution in [0.25, 0.3) is 0 Å². The lowest BCUT2D eigenvalue weighted by Gasteiger charge is -2.37. The molecule has 0 N–H and O–H groups in total. The molecule has 1 aromatic rings. The van der Waals surface area contributed by atoms with Gasteiger partial charge >= 0.3 is 0 Å². The molecule has 0 saturated carbocycles. The minimum absolute atomic E-state index is 0.131. The van der Waals surface area contributed by atoms with Crippen molar-refractivity contribution in [1.82, 2.24) is 4.31 Å². The summed E-state index contributed by atoms with van der Waals surface area (Å²) in [5.41, 5.74) is 1.74. The lowest BCUT2D eigenvalue weighted by Crippen LogP contribution is -2.52. The summed E-state index contributed by atoms with van der Waals surface area (Å²) in [7, 11) is -3.46. The Morgan fingerprint density at radius 1 is 1.16 bits per heavy atom. The van der Waals surface area contributed by atoms with Crippen LogP contribution in [0.15, 0.2) is 23.1 Å². The molecule has 2 atom stereocenters. The minimum Gasteiger partial charge on any atom is -0.378 e. The third kappa shape index (κ3) is 2.68. The first-order valence-corrected chi connectivity index (χ1v) is 7.96. The maximum atomic E-state index is 12.9. The van der Waals surface area contributed by atoms with Crippen LogP contribution in [0.4, 0.5) is 0 Å². The van der Waals surface area contributed by atoms with Gasteiger partial charge < -0.3 is 4.74 Å². The van der Waals surface area contributed by atoms with Crippen LogP contribution < -0.4 is 0 Å². The summed E-state index contributed by atoms with van der Waals surface area (Å²) in [4.78, 5) is 0.410. The number of rotatable bonds is 2. The summed E-state index contributed by atoms with van der Waals surface area (Å²) >= 11 is 0. The molecule has 0 radical (unpaired) electrons. The van der Waals surface area contributed by atoms with Gasteiger partial charge in [-0.1, -0.05) is 12.1 Å². The SMILES string of the molecule is Cc1ccc(C)c(S(=O)(=O)N2C(C)COCC2C)c1. The smallest absolute Gasteiger partial charge is 0.243 e. The van der Waals surface area contributed by atoms with Gasteiger partial charge in [0.25, 0.3) is 0 Å². The van der Waals surface area contributed by atoms with Gasteiger partial charge in [0.1, 0.15) is 0 Å². The molecule has 1 aliphatic heterocycles. The van der Waals surface area contributed by atoms with Crippen molar-refractivity contribution in [3.05, 3.63) is 29.3 Å².